The van der Waals surface area contributed by atoms with E-state index in [0.29, 0.717) is 18.4 Å². The number of aromatic hydroxyl groups is 1. The van der Waals surface area contributed by atoms with E-state index >= 15 is 0 Å². The molecule has 1 aliphatic carbocycles. The second-order valence-electron chi connectivity index (χ2n) is 15.7. The molecule has 3 aliphatic rings. The average Bonchev–Trinajstić information content (AvgIpc) is 3.06. The number of fused-ring (bicyclic) bond motifs is 8. The molecule has 0 radical (unpaired) electrons. The maximum absolute atomic E-state index is 14.7. The molecule has 52 heavy (non-hydrogen) atoms. The predicted molar refractivity (Wildman–Crippen MR) is 198 cm³/mol. The first-order chi connectivity index (χ1) is 24.2. The maximum Gasteiger partial charge on any atom is 0.408 e. The smallest absolute Gasteiger partial charge is 0.408 e. The van der Waals surface area contributed by atoms with Gasteiger partial charge in [0.1, 0.15) is 29.8 Å². The number of hydrogen-bond acceptors (Lipinski definition) is 9. The quantitative estimate of drug-likeness (QED) is 0.198. The van der Waals surface area contributed by atoms with E-state index in [1.165, 1.54) is 20.2 Å². The first-order valence-electron chi connectivity index (χ1n) is 17.5. The van der Waals surface area contributed by atoms with Crippen LogP contribution in [0, 0.1) is 5.92 Å². The summed E-state index contributed by atoms with van der Waals surface area (Å²) in [5.41, 5.74) is -0.224. The van der Waals surface area contributed by atoms with Crippen LogP contribution < -0.4 is 30.7 Å². The van der Waals surface area contributed by atoms with Crippen LogP contribution in [-0.2, 0) is 23.5 Å². The van der Waals surface area contributed by atoms with Crippen LogP contribution in [0.1, 0.15) is 77.6 Å². The Morgan fingerprint density at radius 3 is 2.17 bits per heavy atom. The zero-order valence-corrected chi connectivity index (χ0v) is 32.8. The van der Waals surface area contributed by atoms with Gasteiger partial charge in [0.2, 0.25) is 23.5 Å². The third-order valence-corrected chi connectivity index (χ3v) is 14.1. The lowest BCUT2D eigenvalue weighted by Gasteiger charge is -2.44. The lowest BCUT2D eigenvalue weighted by molar-refractivity contribution is -0.134. The summed E-state index contributed by atoms with van der Waals surface area (Å²) in [6.45, 7) is 15.6. The fraction of sp³-hybridized carbons (Fsp3) is 0.526. The minimum absolute atomic E-state index is 0.0672. The third-order valence-electron chi connectivity index (χ3n) is 9.65. The number of carbonyl (C=O) groups is 4. The molecule has 0 saturated heterocycles. The van der Waals surface area contributed by atoms with Crippen LogP contribution in [0.4, 0.5) is 4.79 Å². The van der Waals surface area contributed by atoms with Gasteiger partial charge in [-0.15, -0.1) is 0 Å². The molecule has 2 aliphatic heterocycles. The molecule has 14 heteroatoms. The van der Waals surface area contributed by atoms with Crippen LogP contribution in [0.5, 0.6) is 17.2 Å². The molecule has 2 heterocycles. The molecule has 6 atom stereocenters. The topological polar surface area (TPSA) is 174 Å². The van der Waals surface area contributed by atoms with Gasteiger partial charge in [0.05, 0.1) is 13.2 Å². The van der Waals surface area contributed by atoms with Gasteiger partial charge in [0, 0.05) is 13.0 Å². The molecular formula is C38H54N4O9Si. The Hall–Kier alpha value is -4.56. The second-order valence-corrected chi connectivity index (χ2v) is 20.5. The molecule has 2 aromatic carbocycles. The normalized spacial score (nSPS) is 24.2. The summed E-state index contributed by atoms with van der Waals surface area (Å²) in [6.07, 6.45) is 2.57. The molecule has 4 bridgehead atoms. The number of ether oxygens (including phenoxy) is 3. The number of amides is 4. The molecule has 4 amide bonds. The van der Waals surface area contributed by atoms with Crippen molar-refractivity contribution in [1.29, 1.82) is 0 Å². The van der Waals surface area contributed by atoms with Gasteiger partial charge >= 0.3 is 6.09 Å². The minimum atomic E-state index is -2.61. The van der Waals surface area contributed by atoms with Crippen LogP contribution in [0.15, 0.2) is 54.6 Å². The molecular weight excluding hydrogens is 685 g/mol. The first kappa shape index (κ1) is 40.2. The van der Waals surface area contributed by atoms with Crippen molar-refractivity contribution < 1.29 is 42.9 Å². The maximum atomic E-state index is 14.7. The standard InChI is InChI=1S/C38H54N4O9Si/c1-37(2,3)50-36(47)42-30-31(51-52(9,10)38(4,5)6)23-16-18-25(19-17-23)49-27-21-24(20-26(43)32(27)48-8)29(33(44)39-7)41-34(45)28(40-35(30)46)22-14-12-11-13-15-22/h11-16,18,20-21,23,25,28-31,43H,17,19H2,1-10H3,(H,39,44)(H,40,46)(H,41,45)(H,42,47)/t23?,25?,28-,29+,30+,31+/m0/s1. The fourth-order valence-electron chi connectivity index (χ4n) is 5.92. The highest BCUT2D eigenvalue weighted by atomic mass is 28.4. The Kier molecular flexibility index (Phi) is 12.4. The van der Waals surface area contributed by atoms with Crippen molar-refractivity contribution in [2.75, 3.05) is 14.2 Å². The number of methoxy groups -OCH3 is 1. The summed E-state index contributed by atoms with van der Waals surface area (Å²) in [5.74, 6) is -2.41. The van der Waals surface area contributed by atoms with E-state index in [-0.39, 0.29) is 33.8 Å². The highest BCUT2D eigenvalue weighted by Gasteiger charge is 2.46. The first-order valence-corrected chi connectivity index (χ1v) is 20.5. The Morgan fingerprint density at radius 2 is 1.62 bits per heavy atom. The van der Waals surface area contributed by atoms with Gasteiger partial charge in [-0.05, 0) is 81.1 Å². The summed E-state index contributed by atoms with van der Waals surface area (Å²) < 4.78 is 24.5. The second kappa shape index (κ2) is 16.0. The van der Waals surface area contributed by atoms with Crippen LogP contribution in [0.25, 0.3) is 0 Å². The molecule has 0 aromatic heterocycles. The molecule has 2 aromatic rings. The number of phenolic OH excluding ortho intramolecular Hbond substituents is 1. The van der Waals surface area contributed by atoms with Crippen LogP contribution in [-0.4, -0.2) is 75.2 Å². The summed E-state index contributed by atoms with van der Waals surface area (Å²) >= 11 is 0. The van der Waals surface area contributed by atoms with Gasteiger partial charge < -0.3 is 45.0 Å². The Labute approximate surface area is 307 Å². The van der Waals surface area contributed by atoms with E-state index in [2.05, 4.69) is 55.1 Å². The number of nitrogens with one attached hydrogen (secondary N) is 4. The number of alkyl carbamates (subject to hydrolysis) is 1. The highest BCUT2D eigenvalue weighted by Crippen LogP contribution is 2.43. The van der Waals surface area contributed by atoms with E-state index in [0.717, 1.165) is 0 Å². The minimum Gasteiger partial charge on any atom is -0.504 e. The molecule has 0 spiro atoms. The van der Waals surface area contributed by atoms with E-state index in [9.17, 15) is 24.3 Å². The van der Waals surface area contributed by atoms with E-state index in [1.807, 2.05) is 12.2 Å². The number of benzene rings is 2. The monoisotopic (exact) mass is 738 g/mol. The van der Waals surface area contributed by atoms with Gasteiger partial charge in [0.15, 0.2) is 19.8 Å². The molecule has 0 fully saturated rings. The van der Waals surface area contributed by atoms with Crippen molar-refractivity contribution in [1.82, 2.24) is 21.3 Å². The molecule has 2 unspecified atom stereocenters. The fourth-order valence-corrected chi connectivity index (χ4v) is 7.26. The Bertz CT molecular complexity index is 1650. The van der Waals surface area contributed by atoms with Gasteiger partial charge in [0.25, 0.3) is 0 Å². The van der Waals surface area contributed by atoms with Crippen LogP contribution in [0.3, 0.4) is 0 Å². The van der Waals surface area contributed by atoms with Crippen molar-refractivity contribution in [2.45, 2.75) is 108 Å². The lowest BCUT2D eigenvalue weighted by atomic mass is 9.86. The molecule has 5 N–H and O–H groups in total. The summed E-state index contributed by atoms with van der Waals surface area (Å²) in [5, 5.41) is 21.7. The number of rotatable bonds is 6. The van der Waals surface area contributed by atoms with E-state index in [4.69, 9.17) is 18.6 Å². The van der Waals surface area contributed by atoms with E-state index in [1.54, 1.807) is 57.2 Å². The van der Waals surface area contributed by atoms with Gasteiger partial charge in [-0.1, -0.05) is 57.2 Å². The van der Waals surface area contributed by atoms with Gasteiger partial charge in [-0.2, -0.15) is 0 Å². The zero-order valence-electron chi connectivity index (χ0n) is 31.8. The molecule has 0 saturated carbocycles. The summed E-state index contributed by atoms with van der Waals surface area (Å²) in [4.78, 5) is 55.8. The molecule has 5 rings (SSSR count). The van der Waals surface area contributed by atoms with Crippen molar-refractivity contribution in [3.63, 3.8) is 0 Å². The summed E-state index contributed by atoms with van der Waals surface area (Å²) in [6, 6.07) is 7.49. The highest BCUT2D eigenvalue weighted by molar-refractivity contribution is 6.74. The van der Waals surface area contributed by atoms with Gasteiger partial charge in [-0.25, -0.2) is 4.79 Å². The number of hydrogen-bond donors (Lipinski definition) is 5. The third kappa shape index (κ3) is 9.65. The van der Waals surface area contributed by atoms with Crippen LogP contribution in [0.2, 0.25) is 18.1 Å². The number of carbonyl (C=O) groups excluding carboxylic acids is 4. The largest absolute Gasteiger partial charge is 0.504 e. The molecule has 284 valence electrons. The molecule has 13 nitrogen and oxygen atoms in total. The number of phenols is 1. The van der Waals surface area contributed by atoms with Crippen molar-refractivity contribution in [2.24, 2.45) is 5.92 Å². The Morgan fingerprint density at radius 1 is 0.942 bits per heavy atom. The van der Waals surface area contributed by atoms with E-state index < -0.39 is 68.1 Å². The lowest BCUT2D eigenvalue weighted by Crippen LogP contribution is -2.61. The number of likely N-dealkylation sites (N-methyl/N-ethyl adjacent to an activating group) is 1. The van der Waals surface area contributed by atoms with Crippen molar-refractivity contribution in [3.05, 3.63) is 65.7 Å². The summed E-state index contributed by atoms with van der Waals surface area (Å²) in [7, 11) is 0.204. The van der Waals surface area contributed by atoms with Crippen LogP contribution >= 0.6 is 0 Å². The predicted octanol–water partition coefficient (Wildman–Crippen LogP) is 5.17. The SMILES string of the molecule is CNC(=O)[C@@H]1NC(=O)[C@H](c2ccccc2)NC(=O)[C@H](NC(=O)OC(C)(C)C)[C@H](O[Si](C)(C)C(C)(C)C)C2C=CC(CC2)Oc2cc1cc(O)c2OC. The average molecular weight is 739 g/mol. The zero-order chi connectivity index (χ0) is 38.6. The van der Waals surface area contributed by atoms with Crippen molar-refractivity contribution in [3.8, 4) is 17.2 Å². The van der Waals surface area contributed by atoms with Gasteiger partial charge in [-0.3, -0.25) is 14.4 Å². The van der Waals surface area contributed by atoms with Crippen molar-refractivity contribution >= 4 is 32.1 Å². The Balaban J connectivity index is 1.94.